The number of hydrogen-bond donors (Lipinski definition) is 1. The molecule has 0 saturated carbocycles. The highest BCUT2D eigenvalue weighted by Gasteiger charge is 2.20. The highest BCUT2D eigenvalue weighted by atomic mass is 16.5. The van der Waals surface area contributed by atoms with Gasteiger partial charge in [-0.3, -0.25) is 4.79 Å². The Balaban J connectivity index is 2.31. The predicted molar refractivity (Wildman–Crippen MR) is 101 cm³/mol. The van der Waals surface area contributed by atoms with E-state index in [0.717, 1.165) is 24.8 Å². The number of ether oxygens (including phenoxy) is 1. The van der Waals surface area contributed by atoms with Crippen molar-refractivity contribution in [2.75, 3.05) is 0 Å². The number of hydrogen-bond acceptors (Lipinski definition) is 3. The molecule has 0 bridgehead atoms. The summed E-state index contributed by atoms with van der Waals surface area (Å²) in [5.74, 6) is 0.119. The van der Waals surface area contributed by atoms with Crippen LogP contribution in [0.15, 0.2) is 30.3 Å². The number of benzene rings is 1. The van der Waals surface area contributed by atoms with Gasteiger partial charge in [0.1, 0.15) is 6.61 Å². The highest BCUT2D eigenvalue weighted by Crippen LogP contribution is 2.10. The maximum Gasteiger partial charge on any atom is 0.408 e. The molecule has 25 heavy (non-hydrogen) atoms. The van der Waals surface area contributed by atoms with Crippen LogP contribution in [0.2, 0.25) is 0 Å². The molecule has 1 atom stereocenters. The van der Waals surface area contributed by atoms with E-state index in [-0.39, 0.29) is 12.4 Å². The molecule has 0 heterocycles. The molecule has 1 amide bonds. The van der Waals surface area contributed by atoms with Crippen LogP contribution in [-0.4, -0.2) is 17.9 Å². The van der Waals surface area contributed by atoms with Gasteiger partial charge in [-0.15, -0.1) is 0 Å². The monoisotopic (exact) mass is 347 g/mol. The van der Waals surface area contributed by atoms with Crippen molar-refractivity contribution in [3.8, 4) is 0 Å². The van der Waals surface area contributed by atoms with Crippen molar-refractivity contribution in [1.82, 2.24) is 5.32 Å². The highest BCUT2D eigenvalue weighted by molar-refractivity contribution is 5.87. The Bertz CT molecular complexity index is 487. The Labute approximate surface area is 152 Å². The minimum Gasteiger partial charge on any atom is -0.445 e. The van der Waals surface area contributed by atoms with Crippen LogP contribution in [0.5, 0.6) is 0 Å². The maximum atomic E-state index is 12.4. The normalized spacial score (nSPS) is 11.8. The molecule has 4 heteroatoms. The summed E-state index contributed by atoms with van der Waals surface area (Å²) < 4.78 is 5.22. The van der Waals surface area contributed by atoms with E-state index in [4.69, 9.17) is 4.74 Å². The summed E-state index contributed by atoms with van der Waals surface area (Å²) in [6, 6.07) is 9.10. The Morgan fingerprint density at radius 1 is 0.960 bits per heavy atom. The molecule has 0 radical (unpaired) electrons. The first-order valence-electron chi connectivity index (χ1n) is 9.67. The topological polar surface area (TPSA) is 55.4 Å². The zero-order valence-corrected chi connectivity index (χ0v) is 15.8. The first kappa shape index (κ1) is 21.2. The lowest BCUT2D eigenvalue weighted by Gasteiger charge is -2.17. The molecule has 0 saturated heterocycles. The molecule has 0 aromatic heterocycles. The van der Waals surface area contributed by atoms with Crippen molar-refractivity contribution >= 4 is 11.9 Å². The van der Waals surface area contributed by atoms with Gasteiger partial charge in [0.2, 0.25) is 0 Å². The average Bonchev–Trinajstić information content (AvgIpc) is 2.63. The summed E-state index contributed by atoms with van der Waals surface area (Å²) in [7, 11) is 0. The summed E-state index contributed by atoms with van der Waals surface area (Å²) in [6.07, 6.45) is 8.45. The van der Waals surface area contributed by atoms with Crippen LogP contribution in [0, 0.1) is 0 Å². The van der Waals surface area contributed by atoms with Gasteiger partial charge in [-0.2, -0.15) is 0 Å². The van der Waals surface area contributed by atoms with Gasteiger partial charge in [-0.25, -0.2) is 4.79 Å². The quantitative estimate of drug-likeness (QED) is 0.486. The lowest BCUT2D eigenvalue weighted by atomic mass is 10.0. The molecule has 1 aromatic carbocycles. The lowest BCUT2D eigenvalue weighted by molar-refractivity contribution is -0.121. The van der Waals surface area contributed by atoms with E-state index in [2.05, 4.69) is 12.2 Å². The average molecular weight is 347 g/mol. The van der Waals surface area contributed by atoms with E-state index in [0.29, 0.717) is 12.8 Å². The third-order valence-corrected chi connectivity index (χ3v) is 4.25. The second-order valence-corrected chi connectivity index (χ2v) is 6.53. The van der Waals surface area contributed by atoms with Gasteiger partial charge in [0.05, 0.1) is 6.04 Å². The first-order valence-corrected chi connectivity index (χ1v) is 9.67. The van der Waals surface area contributed by atoms with Crippen molar-refractivity contribution in [2.24, 2.45) is 0 Å². The van der Waals surface area contributed by atoms with Gasteiger partial charge in [0, 0.05) is 6.42 Å². The summed E-state index contributed by atoms with van der Waals surface area (Å²) in [5.41, 5.74) is 0.933. The number of nitrogens with one attached hydrogen (secondary N) is 1. The summed E-state index contributed by atoms with van der Waals surface area (Å²) >= 11 is 0. The maximum absolute atomic E-state index is 12.4. The molecule has 0 aliphatic carbocycles. The number of Topliss-reactive ketones (excluding diaryl/α,β-unsaturated/α-hetero) is 1. The smallest absolute Gasteiger partial charge is 0.408 e. The molecular weight excluding hydrogens is 314 g/mol. The lowest BCUT2D eigenvalue weighted by Crippen LogP contribution is -2.41. The Morgan fingerprint density at radius 3 is 2.32 bits per heavy atom. The standard InChI is InChI=1S/C21H33NO3/c1-3-5-6-7-8-12-16-20(23)19(13-4-2)22-21(24)25-17-18-14-10-9-11-15-18/h9-11,14-15,19H,3-8,12-13,16-17H2,1-2H3,(H,22,24)/t19-/m0/s1. The van der Waals surface area contributed by atoms with Gasteiger partial charge in [-0.1, -0.05) is 82.7 Å². The molecule has 0 fully saturated rings. The van der Waals surface area contributed by atoms with E-state index in [1.54, 1.807) is 0 Å². The molecule has 140 valence electrons. The first-order chi connectivity index (χ1) is 12.2. The minimum atomic E-state index is -0.515. The second-order valence-electron chi connectivity index (χ2n) is 6.53. The third kappa shape index (κ3) is 9.90. The Kier molecular flexibility index (Phi) is 11.4. The number of carbonyl (C=O) groups is 2. The molecule has 1 aromatic rings. The van der Waals surface area contributed by atoms with Crippen LogP contribution in [0.1, 0.15) is 77.2 Å². The third-order valence-electron chi connectivity index (χ3n) is 4.25. The van der Waals surface area contributed by atoms with Crippen LogP contribution in [0.3, 0.4) is 0 Å². The van der Waals surface area contributed by atoms with Crippen LogP contribution in [0.4, 0.5) is 4.79 Å². The zero-order chi connectivity index (χ0) is 18.3. The molecule has 4 nitrogen and oxygen atoms in total. The van der Waals surface area contributed by atoms with Gasteiger partial charge < -0.3 is 10.1 Å². The van der Waals surface area contributed by atoms with E-state index >= 15 is 0 Å². The van der Waals surface area contributed by atoms with Gasteiger partial charge in [-0.05, 0) is 18.4 Å². The van der Waals surface area contributed by atoms with Gasteiger partial charge in [0.25, 0.3) is 0 Å². The fraction of sp³-hybridized carbons (Fsp3) is 0.619. The van der Waals surface area contributed by atoms with Crippen molar-refractivity contribution < 1.29 is 14.3 Å². The summed E-state index contributed by atoms with van der Waals surface area (Å²) in [5, 5.41) is 2.74. The number of alkyl carbamates (subject to hydrolysis) is 1. The Hall–Kier alpha value is -1.84. The summed E-state index contributed by atoms with van der Waals surface area (Å²) in [6.45, 7) is 4.43. The van der Waals surface area contributed by atoms with Crippen molar-refractivity contribution in [2.45, 2.75) is 84.3 Å². The van der Waals surface area contributed by atoms with E-state index < -0.39 is 12.1 Å². The minimum absolute atomic E-state index is 0.119. The van der Waals surface area contributed by atoms with Crippen LogP contribution in [-0.2, 0) is 16.1 Å². The van der Waals surface area contributed by atoms with Crippen molar-refractivity contribution in [3.05, 3.63) is 35.9 Å². The predicted octanol–water partition coefficient (Wildman–Crippen LogP) is 5.40. The number of unbranched alkanes of at least 4 members (excludes halogenated alkanes) is 5. The fourth-order valence-electron chi connectivity index (χ4n) is 2.76. The SMILES string of the molecule is CCCCCCCCC(=O)[C@H](CCC)NC(=O)OCc1ccccc1. The molecule has 0 aliphatic heterocycles. The molecule has 0 aliphatic rings. The van der Waals surface area contributed by atoms with Crippen LogP contribution in [0.25, 0.3) is 0 Å². The fourth-order valence-corrected chi connectivity index (χ4v) is 2.76. The van der Waals surface area contributed by atoms with E-state index in [9.17, 15) is 9.59 Å². The summed E-state index contributed by atoms with van der Waals surface area (Å²) in [4.78, 5) is 24.3. The number of rotatable bonds is 13. The molecule has 0 spiro atoms. The largest absolute Gasteiger partial charge is 0.445 e. The molecular formula is C21H33NO3. The van der Waals surface area contributed by atoms with E-state index in [1.165, 1.54) is 25.7 Å². The number of amides is 1. The van der Waals surface area contributed by atoms with Crippen LogP contribution >= 0.6 is 0 Å². The molecule has 1 N–H and O–H groups in total. The molecule has 0 unspecified atom stereocenters. The molecule has 1 rings (SSSR count). The van der Waals surface area contributed by atoms with Gasteiger partial charge >= 0.3 is 6.09 Å². The van der Waals surface area contributed by atoms with E-state index in [1.807, 2.05) is 37.3 Å². The van der Waals surface area contributed by atoms with Crippen molar-refractivity contribution in [1.29, 1.82) is 0 Å². The Morgan fingerprint density at radius 2 is 1.64 bits per heavy atom. The second kappa shape index (κ2) is 13.5. The van der Waals surface area contributed by atoms with Gasteiger partial charge in [0.15, 0.2) is 5.78 Å². The van der Waals surface area contributed by atoms with Crippen molar-refractivity contribution in [3.63, 3.8) is 0 Å². The number of carbonyl (C=O) groups excluding carboxylic acids is 2. The zero-order valence-electron chi connectivity index (χ0n) is 15.8. The van der Waals surface area contributed by atoms with Crippen LogP contribution < -0.4 is 5.32 Å². The number of ketones is 1.